The number of ether oxygens (including phenoxy) is 1. The maximum Gasteiger partial charge on any atom is 0.340 e. The number of amides is 1. The van der Waals surface area contributed by atoms with Gasteiger partial charge in [0.15, 0.2) is 0 Å². The summed E-state index contributed by atoms with van der Waals surface area (Å²) in [6, 6.07) is 0.753. The average molecular weight is 318 g/mol. The lowest BCUT2D eigenvalue weighted by molar-refractivity contribution is 0.0525. The highest BCUT2D eigenvalue weighted by molar-refractivity contribution is 6.00. The smallest absolute Gasteiger partial charge is 0.340 e. The molecule has 1 aromatic rings. The molecule has 0 spiro atoms. The van der Waals surface area contributed by atoms with Crippen molar-refractivity contribution in [3.63, 3.8) is 0 Å². The zero-order valence-electron chi connectivity index (χ0n) is 14.3. The predicted octanol–water partition coefficient (Wildman–Crippen LogP) is 3.36. The second kappa shape index (κ2) is 6.38. The summed E-state index contributed by atoms with van der Waals surface area (Å²) >= 11 is 0. The molecule has 5 nitrogen and oxygen atoms in total. The summed E-state index contributed by atoms with van der Waals surface area (Å²) in [6.07, 6.45) is 6.82. The zero-order valence-corrected chi connectivity index (χ0v) is 14.3. The van der Waals surface area contributed by atoms with Gasteiger partial charge in [0, 0.05) is 17.8 Å². The van der Waals surface area contributed by atoms with Gasteiger partial charge in [-0.1, -0.05) is 12.8 Å². The number of carbonyl (C=O) groups excluding carboxylic acids is 2. The topological polar surface area (TPSA) is 62.4 Å². The minimum atomic E-state index is -0.350. The van der Waals surface area contributed by atoms with Gasteiger partial charge in [-0.25, -0.2) is 4.79 Å². The molecule has 5 heteroatoms. The van der Waals surface area contributed by atoms with Gasteiger partial charge in [0.2, 0.25) is 0 Å². The molecule has 126 valence electrons. The SMILES string of the molecule is CCOC(=O)c1c(C)[nH]c(C(=O)N(C2CCCC2)C2CC2)c1C. The number of hydrogen-bond donors (Lipinski definition) is 1. The number of hydrogen-bond acceptors (Lipinski definition) is 3. The van der Waals surface area contributed by atoms with Crippen LogP contribution >= 0.6 is 0 Å². The van der Waals surface area contributed by atoms with E-state index in [1.54, 1.807) is 6.92 Å². The first-order valence-electron chi connectivity index (χ1n) is 8.73. The van der Waals surface area contributed by atoms with Crippen LogP contribution in [0.3, 0.4) is 0 Å². The molecular formula is C18H26N2O3. The Kier molecular flexibility index (Phi) is 4.46. The number of H-pyrrole nitrogens is 1. The number of rotatable bonds is 5. The Morgan fingerprint density at radius 1 is 1.13 bits per heavy atom. The molecule has 0 bridgehead atoms. The van der Waals surface area contributed by atoms with E-state index in [1.165, 1.54) is 12.8 Å². The maximum atomic E-state index is 13.1. The van der Waals surface area contributed by atoms with Crippen LogP contribution in [0.15, 0.2) is 0 Å². The van der Waals surface area contributed by atoms with Crippen molar-refractivity contribution in [1.82, 2.24) is 9.88 Å². The molecule has 0 aliphatic heterocycles. The Bertz CT molecular complexity index is 610. The lowest BCUT2D eigenvalue weighted by Gasteiger charge is -2.29. The van der Waals surface area contributed by atoms with E-state index in [9.17, 15) is 9.59 Å². The Morgan fingerprint density at radius 3 is 2.30 bits per heavy atom. The highest BCUT2D eigenvalue weighted by atomic mass is 16.5. The third-order valence-corrected chi connectivity index (χ3v) is 5.02. The molecule has 0 aromatic carbocycles. The van der Waals surface area contributed by atoms with Crippen molar-refractivity contribution >= 4 is 11.9 Å². The first-order chi connectivity index (χ1) is 11.0. The highest BCUT2D eigenvalue weighted by Crippen LogP contribution is 2.36. The number of aromatic amines is 1. The molecule has 2 aliphatic rings. The first kappa shape index (κ1) is 16.1. The average Bonchev–Trinajstić information content (AvgIpc) is 3.09. The van der Waals surface area contributed by atoms with E-state index in [-0.39, 0.29) is 11.9 Å². The molecule has 0 unspecified atom stereocenters. The Morgan fingerprint density at radius 2 is 1.74 bits per heavy atom. The summed E-state index contributed by atoms with van der Waals surface area (Å²) in [7, 11) is 0. The van der Waals surface area contributed by atoms with E-state index in [0.717, 1.165) is 31.2 Å². The predicted molar refractivity (Wildman–Crippen MR) is 87.7 cm³/mol. The third kappa shape index (κ3) is 3.01. The summed E-state index contributed by atoms with van der Waals surface area (Å²) in [5.74, 6) is -0.299. The minimum Gasteiger partial charge on any atom is -0.462 e. The van der Waals surface area contributed by atoms with E-state index in [4.69, 9.17) is 4.74 Å². The molecule has 2 saturated carbocycles. The van der Waals surface area contributed by atoms with Gasteiger partial charge >= 0.3 is 5.97 Å². The zero-order chi connectivity index (χ0) is 16.6. The molecule has 23 heavy (non-hydrogen) atoms. The van der Waals surface area contributed by atoms with Crippen LogP contribution in [0.1, 0.15) is 77.6 Å². The van der Waals surface area contributed by atoms with E-state index in [2.05, 4.69) is 9.88 Å². The molecule has 1 heterocycles. The van der Waals surface area contributed by atoms with Crippen molar-refractivity contribution in [1.29, 1.82) is 0 Å². The van der Waals surface area contributed by atoms with E-state index in [0.29, 0.717) is 35.6 Å². The van der Waals surface area contributed by atoms with Crippen LogP contribution in [-0.2, 0) is 4.74 Å². The highest BCUT2D eigenvalue weighted by Gasteiger charge is 2.40. The summed E-state index contributed by atoms with van der Waals surface area (Å²) in [4.78, 5) is 30.5. The van der Waals surface area contributed by atoms with Crippen molar-refractivity contribution in [2.75, 3.05) is 6.61 Å². The fraction of sp³-hybridized carbons (Fsp3) is 0.667. The number of nitrogens with zero attached hydrogens (tertiary/aromatic N) is 1. The molecule has 1 amide bonds. The van der Waals surface area contributed by atoms with Crippen LogP contribution in [-0.4, -0.2) is 40.5 Å². The number of carbonyl (C=O) groups is 2. The Labute approximate surface area is 137 Å². The van der Waals surface area contributed by atoms with Crippen molar-refractivity contribution in [3.8, 4) is 0 Å². The molecule has 1 aromatic heterocycles. The monoisotopic (exact) mass is 318 g/mol. The molecule has 1 N–H and O–H groups in total. The molecule has 2 aliphatic carbocycles. The normalized spacial score (nSPS) is 18.2. The molecular weight excluding hydrogens is 292 g/mol. The van der Waals surface area contributed by atoms with Gasteiger partial charge in [-0.15, -0.1) is 0 Å². The Hall–Kier alpha value is -1.78. The van der Waals surface area contributed by atoms with Gasteiger partial charge in [-0.3, -0.25) is 4.79 Å². The van der Waals surface area contributed by atoms with Gasteiger partial charge in [0.25, 0.3) is 5.91 Å². The van der Waals surface area contributed by atoms with E-state index < -0.39 is 0 Å². The first-order valence-corrected chi connectivity index (χ1v) is 8.73. The lowest BCUT2D eigenvalue weighted by atomic mass is 10.1. The van der Waals surface area contributed by atoms with Gasteiger partial charge in [-0.2, -0.15) is 0 Å². The lowest BCUT2D eigenvalue weighted by Crippen LogP contribution is -2.41. The van der Waals surface area contributed by atoms with Crippen molar-refractivity contribution in [2.24, 2.45) is 0 Å². The summed E-state index contributed by atoms with van der Waals surface area (Å²) in [6.45, 7) is 5.79. The quantitative estimate of drug-likeness (QED) is 0.847. The summed E-state index contributed by atoms with van der Waals surface area (Å²) in [5.41, 5.74) is 2.50. The molecule has 0 saturated heterocycles. The van der Waals surface area contributed by atoms with Crippen molar-refractivity contribution in [3.05, 3.63) is 22.5 Å². The Balaban J connectivity index is 1.89. The third-order valence-electron chi connectivity index (χ3n) is 5.02. The van der Waals surface area contributed by atoms with Crippen LogP contribution in [0.2, 0.25) is 0 Å². The van der Waals surface area contributed by atoms with Gasteiger partial charge < -0.3 is 14.6 Å². The number of aryl methyl sites for hydroxylation is 1. The second-order valence-electron chi connectivity index (χ2n) is 6.73. The van der Waals surface area contributed by atoms with Gasteiger partial charge in [0.05, 0.1) is 12.2 Å². The summed E-state index contributed by atoms with van der Waals surface area (Å²) < 4.78 is 5.12. The molecule has 3 rings (SSSR count). The fourth-order valence-corrected chi connectivity index (χ4v) is 3.77. The van der Waals surface area contributed by atoms with Gasteiger partial charge in [0.1, 0.15) is 5.69 Å². The number of esters is 1. The largest absolute Gasteiger partial charge is 0.462 e. The molecule has 2 fully saturated rings. The van der Waals surface area contributed by atoms with Crippen molar-refractivity contribution in [2.45, 2.75) is 71.4 Å². The maximum absolute atomic E-state index is 13.1. The fourth-order valence-electron chi connectivity index (χ4n) is 3.77. The van der Waals surface area contributed by atoms with E-state index in [1.807, 2.05) is 13.8 Å². The minimum absolute atomic E-state index is 0.0514. The van der Waals surface area contributed by atoms with Crippen LogP contribution in [0, 0.1) is 13.8 Å². The summed E-state index contributed by atoms with van der Waals surface area (Å²) in [5, 5.41) is 0. The second-order valence-corrected chi connectivity index (χ2v) is 6.73. The van der Waals surface area contributed by atoms with E-state index >= 15 is 0 Å². The van der Waals surface area contributed by atoms with Crippen LogP contribution in [0.25, 0.3) is 0 Å². The molecule has 0 radical (unpaired) electrons. The van der Waals surface area contributed by atoms with Crippen LogP contribution in [0.4, 0.5) is 0 Å². The molecule has 0 atom stereocenters. The van der Waals surface area contributed by atoms with Gasteiger partial charge in [-0.05, 0) is 52.0 Å². The number of nitrogens with one attached hydrogen (secondary N) is 1. The standard InChI is InChI=1S/C18H26N2O3/c1-4-23-18(22)15-11(2)16(19-12(15)3)17(21)20(14-9-10-14)13-7-5-6-8-13/h13-14,19H,4-10H2,1-3H3. The van der Waals surface area contributed by atoms with Crippen LogP contribution in [0.5, 0.6) is 0 Å². The van der Waals surface area contributed by atoms with Crippen LogP contribution < -0.4 is 0 Å². The number of aromatic nitrogens is 1. The van der Waals surface area contributed by atoms with Crippen molar-refractivity contribution < 1.29 is 14.3 Å².